The number of nitrogens with two attached hydrogens (primary N) is 2. The fraction of sp³-hybridized carbons (Fsp3) is 0.118. The zero-order valence-electron chi connectivity index (χ0n) is 13.4. The Kier molecular flexibility index (Phi) is 4.01. The Balaban J connectivity index is 2.12. The van der Waals surface area contributed by atoms with Gasteiger partial charge < -0.3 is 16.1 Å². The summed E-state index contributed by atoms with van der Waals surface area (Å²) in [5.74, 6) is 6.09. The van der Waals surface area contributed by atoms with E-state index in [0.717, 1.165) is 16.5 Å². The van der Waals surface area contributed by atoms with Crippen LogP contribution in [0, 0.1) is 0 Å². The summed E-state index contributed by atoms with van der Waals surface area (Å²) in [5.41, 5.74) is 11.4. The molecule has 3 rings (SSSR count). The summed E-state index contributed by atoms with van der Waals surface area (Å²) < 4.78 is 0. The SMILES string of the molecule is CN(C)C(=O)c1cccc(-c2ccc3nc(N)nc(NN)c3c2)c1. The van der Waals surface area contributed by atoms with Gasteiger partial charge in [0.1, 0.15) is 0 Å². The lowest BCUT2D eigenvalue weighted by molar-refractivity contribution is 0.0827. The molecule has 0 saturated heterocycles. The fourth-order valence-corrected chi connectivity index (χ4v) is 2.53. The number of carbonyl (C=O) groups excluding carboxylic acids is 1. The Morgan fingerprint density at radius 1 is 1.08 bits per heavy atom. The summed E-state index contributed by atoms with van der Waals surface area (Å²) >= 11 is 0. The van der Waals surface area contributed by atoms with Crippen molar-refractivity contribution in [1.82, 2.24) is 14.9 Å². The summed E-state index contributed by atoms with van der Waals surface area (Å²) in [6.45, 7) is 0. The van der Waals surface area contributed by atoms with Gasteiger partial charge in [0.15, 0.2) is 5.82 Å². The van der Waals surface area contributed by atoms with Gasteiger partial charge in [-0.25, -0.2) is 10.8 Å². The largest absolute Gasteiger partial charge is 0.368 e. The Labute approximate surface area is 139 Å². The van der Waals surface area contributed by atoms with Crippen LogP contribution >= 0.6 is 0 Å². The molecule has 1 amide bonds. The molecule has 2 aromatic carbocycles. The molecule has 0 saturated carbocycles. The zero-order valence-corrected chi connectivity index (χ0v) is 13.4. The van der Waals surface area contributed by atoms with Crippen LogP contribution in [0.5, 0.6) is 0 Å². The van der Waals surface area contributed by atoms with Crippen molar-refractivity contribution in [2.45, 2.75) is 0 Å². The van der Waals surface area contributed by atoms with Crippen LogP contribution in [0.1, 0.15) is 10.4 Å². The highest BCUT2D eigenvalue weighted by Gasteiger charge is 2.11. The Morgan fingerprint density at radius 2 is 1.83 bits per heavy atom. The number of nitrogens with zero attached hydrogens (tertiary/aromatic N) is 3. The predicted molar refractivity (Wildman–Crippen MR) is 95.2 cm³/mol. The number of anilines is 2. The van der Waals surface area contributed by atoms with Gasteiger partial charge >= 0.3 is 0 Å². The van der Waals surface area contributed by atoms with E-state index in [1.165, 1.54) is 0 Å². The molecule has 122 valence electrons. The second kappa shape index (κ2) is 6.13. The summed E-state index contributed by atoms with van der Waals surface area (Å²) in [6, 6.07) is 13.2. The smallest absolute Gasteiger partial charge is 0.253 e. The second-order valence-corrected chi connectivity index (χ2v) is 5.59. The van der Waals surface area contributed by atoms with Crippen LogP contribution in [0.3, 0.4) is 0 Å². The van der Waals surface area contributed by atoms with E-state index in [9.17, 15) is 4.79 Å². The van der Waals surface area contributed by atoms with Crippen molar-refractivity contribution in [2.75, 3.05) is 25.3 Å². The van der Waals surface area contributed by atoms with Crippen LogP contribution in [-0.2, 0) is 0 Å². The van der Waals surface area contributed by atoms with E-state index in [1.807, 2.05) is 36.4 Å². The standard InChI is InChI=1S/C17H18N6O/c1-23(2)16(24)12-5-3-4-10(8-12)11-6-7-14-13(9-11)15(22-19)21-17(18)20-14/h3-9H,19H2,1-2H3,(H3,18,20,21,22). The normalized spacial score (nSPS) is 10.6. The van der Waals surface area contributed by atoms with Gasteiger partial charge in [0.2, 0.25) is 5.95 Å². The Morgan fingerprint density at radius 3 is 2.54 bits per heavy atom. The van der Waals surface area contributed by atoms with Crippen LogP contribution in [0.2, 0.25) is 0 Å². The highest BCUT2D eigenvalue weighted by molar-refractivity contribution is 5.96. The van der Waals surface area contributed by atoms with Crippen molar-refractivity contribution in [3.05, 3.63) is 48.0 Å². The van der Waals surface area contributed by atoms with Gasteiger partial charge in [-0.3, -0.25) is 4.79 Å². The molecule has 0 bridgehead atoms. The maximum atomic E-state index is 12.1. The molecular weight excluding hydrogens is 304 g/mol. The number of hydrogen-bond donors (Lipinski definition) is 3. The van der Waals surface area contributed by atoms with Gasteiger partial charge in [0.25, 0.3) is 5.91 Å². The highest BCUT2D eigenvalue weighted by atomic mass is 16.2. The molecule has 0 aliphatic heterocycles. The molecule has 0 unspecified atom stereocenters. The van der Waals surface area contributed by atoms with E-state index < -0.39 is 0 Å². The summed E-state index contributed by atoms with van der Waals surface area (Å²) in [6.07, 6.45) is 0. The molecule has 0 spiro atoms. The number of aromatic nitrogens is 2. The highest BCUT2D eigenvalue weighted by Crippen LogP contribution is 2.28. The predicted octanol–water partition coefficient (Wildman–Crippen LogP) is 1.87. The van der Waals surface area contributed by atoms with Crippen LogP contribution in [0.15, 0.2) is 42.5 Å². The van der Waals surface area contributed by atoms with Crippen LogP contribution in [0.25, 0.3) is 22.0 Å². The number of nitrogen functional groups attached to an aromatic ring is 2. The average Bonchev–Trinajstić information content (AvgIpc) is 2.59. The van der Waals surface area contributed by atoms with Gasteiger partial charge in [-0.2, -0.15) is 4.98 Å². The molecule has 24 heavy (non-hydrogen) atoms. The lowest BCUT2D eigenvalue weighted by Crippen LogP contribution is -2.21. The molecule has 1 aromatic heterocycles. The maximum Gasteiger partial charge on any atom is 0.253 e. The van der Waals surface area contributed by atoms with E-state index in [4.69, 9.17) is 11.6 Å². The first-order valence-electron chi connectivity index (χ1n) is 7.35. The van der Waals surface area contributed by atoms with Gasteiger partial charge in [-0.1, -0.05) is 18.2 Å². The summed E-state index contributed by atoms with van der Waals surface area (Å²) in [7, 11) is 3.46. The van der Waals surface area contributed by atoms with Crippen molar-refractivity contribution in [3.8, 4) is 11.1 Å². The number of hydrazine groups is 1. The topological polar surface area (TPSA) is 110 Å². The number of hydrogen-bond acceptors (Lipinski definition) is 6. The first-order valence-corrected chi connectivity index (χ1v) is 7.35. The Bertz CT molecular complexity index is 922. The number of fused-ring (bicyclic) bond motifs is 1. The minimum Gasteiger partial charge on any atom is -0.368 e. The van der Waals surface area contributed by atoms with Crippen molar-refractivity contribution >= 4 is 28.6 Å². The van der Waals surface area contributed by atoms with Gasteiger partial charge in [-0.05, 0) is 35.4 Å². The third-order valence-corrected chi connectivity index (χ3v) is 3.70. The van der Waals surface area contributed by atoms with E-state index in [-0.39, 0.29) is 11.9 Å². The lowest BCUT2D eigenvalue weighted by atomic mass is 10.0. The molecule has 5 N–H and O–H groups in total. The third-order valence-electron chi connectivity index (χ3n) is 3.70. The zero-order chi connectivity index (χ0) is 17.3. The molecule has 7 heteroatoms. The first-order chi connectivity index (χ1) is 11.5. The molecule has 0 atom stereocenters. The number of nitrogens with one attached hydrogen (secondary N) is 1. The molecular formula is C17H18N6O. The van der Waals surface area contributed by atoms with E-state index in [1.54, 1.807) is 25.1 Å². The number of carbonyl (C=O) groups is 1. The first kappa shape index (κ1) is 15.7. The number of rotatable bonds is 3. The fourth-order valence-electron chi connectivity index (χ4n) is 2.53. The summed E-state index contributed by atoms with van der Waals surface area (Å²) in [4.78, 5) is 22.0. The Hall–Kier alpha value is -3.19. The average molecular weight is 322 g/mol. The van der Waals surface area contributed by atoms with Crippen molar-refractivity contribution < 1.29 is 4.79 Å². The van der Waals surface area contributed by atoms with Crippen LogP contribution < -0.4 is 17.0 Å². The van der Waals surface area contributed by atoms with E-state index >= 15 is 0 Å². The minimum absolute atomic E-state index is 0.0435. The second-order valence-electron chi connectivity index (χ2n) is 5.59. The van der Waals surface area contributed by atoms with Gasteiger partial charge in [-0.15, -0.1) is 0 Å². The van der Waals surface area contributed by atoms with Crippen molar-refractivity contribution in [3.63, 3.8) is 0 Å². The number of amides is 1. The lowest BCUT2D eigenvalue weighted by Gasteiger charge is -2.12. The quantitative estimate of drug-likeness (QED) is 0.501. The van der Waals surface area contributed by atoms with Crippen molar-refractivity contribution in [1.29, 1.82) is 0 Å². The van der Waals surface area contributed by atoms with Crippen LogP contribution in [-0.4, -0.2) is 34.9 Å². The summed E-state index contributed by atoms with van der Waals surface area (Å²) in [5, 5.41) is 0.758. The van der Waals surface area contributed by atoms with Gasteiger partial charge in [0, 0.05) is 25.0 Å². The number of benzene rings is 2. The minimum atomic E-state index is -0.0435. The maximum absolute atomic E-state index is 12.1. The molecule has 3 aromatic rings. The molecule has 1 heterocycles. The monoisotopic (exact) mass is 322 g/mol. The van der Waals surface area contributed by atoms with Crippen LogP contribution in [0.4, 0.5) is 11.8 Å². The molecule has 0 aliphatic rings. The molecule has 0 aliphatic carbocycles. The van der Waals surface area contributed by atoms with Gasteiger partial charge in [0.05, 0.1) is 5.52 Å². The van der Waals surface area contributed by atoms with E-state index in [2.05, 4.69) is 15.4 Å². The van der Waals surface area contributed by atoms with Crippen molar-refractivity contribution in [2.24, 2.45) is 5.84 Å². The van der Waals surface area contributed by atoms with E-state index in [0.29, 0.717) is 16.9 Å². The molecule has 0 fully saturated rings. The third kappa shape index (κ3) is 2.84. The molecule has 7 nitrogen and oxygen atoms in total. The molecule has 0 radical (unpaired) electrons.